The van der Waals surface area contributed by atoms with E-state index in [0.717, 1.165) is 0 Å². The minimum atomic E-state index is -3.54. The van der Waals surface area contributed by atoms with E-state index in [9.17, 15) is 13.2 Å². The summed E-state index contributed by atoms with van der Waals surface area (Å²) in [6, 6.07) is 8.07. The molecule has 6 nitrogen and oxygen atoms in total. The molecular weight excluding hydrogens is 292 g/mol. The van der Waals surface area contributed by atoms with Crippen molar-refractivity contribution in [3.05, 3.63) is 35.4 Å². The molecule has 0 bridgehead atoms. The molecule has 0 radical (unpaired) electrons. The number of carboxylic acid groups (broad SMARTS) is 1. The number of nitrogens with one attached hydrogen (secondary N) is 1. The highest BCUT2D eigenvalue weighted by atomic mass is 32.2. The molecule has 112 valence electrons. The molecule has 2 N–H and O–H groups in total. The summed E-state index contributed by atoms with van der Waals surface area (Å²) in [6.07, 6.45) is 1.35. The Morgan fingerprint density at radius 2 is 2.19 bits per heavy atom. The van der Waals surface area contributed by atoms with Crippen LogP contribution in [0.5, 0.6) is 0 Å². The number of carbonyl (C=O) groups is 1. The molecule has 1 aliphatic carbocycles. The van der Waals surface area contributed by atoms with Crippen LogP contribution in [0.4, 0.5) is 0 Å². The third-order valence-corrected chi connectivity index (χ3v) is 4.95. The summed E-state index contributed by atoms with van der Waals surface area (Å²) in [5.41, 5.74) is 0.948. The van der Waals surface area contributed by atoms with E-state index in [0.29, 0.717) is 30.4 Å². The van der Waals surface area contributed by atoms with Gasteiger partial charge in [-0.15, -0.1) is 0 Å². The molecule has 1 aromatic carbocycles. The standard InChI is InChI=1S/C14H16N2O4S/c15-8-10-2-1-3-11(6-10)9-21(19,20)16-13-5-4-12(7-13)14(17)18/h1-3,6,12-13,16H,4-5,7,9H2,(H,17,18)/t12-,13+/m1/s1. The van der Waals surface area contributed by atoms with Crippen molar-refractivity contribution in [2.75, 3.05) is 0 Å². The van der Waals surface area contributed by atoms with Gasteiger partial charge in [-0.05, 0) is 37.0 Å². The van der Waals surface area contributed by atoms with E-state index in [1.165, 1.54) is 6.07 Å². The van der Waals surface area contributed by atoms with Crippen LogP contribution in [0.2, 0.25) is 0 Å². The van der Waals surface area contributed by atoms with Crippen molar-refractivity contribution < 1.29 is 18.3 Å². The topological polar surface area (TPSA) is 107 Å². The number of hydrogen-bond acceptors (Lipinski definition) is 4. The highest BCUT2D eigenvalue weighted by Crippen LogP contribution is 2.26. The summed E-state index contributed by atoms with van der Waals surface area (Å²) >= 11 is 0. The van der Waals surface area contributed by atoms with Crippen LogP contribution in [0.3, 0.4) is 0 Å². The van der Waals surface area contributed by atoms with Crippen molar-refractivity contribution in [2.24, 2.45) is 5.92 Å². The number of aliphatic carboxylic acids is 1. The predicted molar refractivity (Wildman–Crippen MR) is 75.7 cm³/mol. The maximum atomic E-state index is 12.1. The van der Waals surface area contributed by atoms with Crippen LogP contribution in [-0.4, -0.2) is 25.5 Å². The molecule has 2 rings (SSSR count). The zero-order valence-electron chi connectivity index (χ0n) is 11.3. The van der Waals surface area contributed by atoms with Crippen molar-refractivity contribution in [2.45, 2.75) is 31.1 Å². The Morgan fingerprint density at radius 3 is 2.81 bits per heavy atom. The van der Waals surface area contributed by atoms with Crippen LogP contribution < -0.4 is 4.72 Å². The van der Waals surface area contributed by atoms with E-state index >= 15 is 0 Å². The highest BCUT2D eigenvalue weighted by molar-refractivity contribution is 7.88. The fourth-order valence-corrected chi connectivity index (χ4v) is 3.98. The normalized spacial score (nSPS) is 21.9. The summed E-state index contributed by atoms with van der Waals surface area (Å²) in [5, 5.41) is 17.7. The first kappa shape index (κ1) is 15.5. The number of nitrogens with zero attached hydrogens (tertiary/aromatic N) is 1. The van der Waals surface area contributed by atoms with E-state index < -0.39 is 21.9 Å². The lowest BCUT2D eigenvalue weighted by atomic mass is 10.1. The number of benzene rings is 1. The van der Waals surface area contributed by atoms with Crippen LogP contribution in [0.25, 0.3) is 0 Å². The maximum Gasteiger partial charge on any atom is 0.306 e. The van der Waals surface area contributed by atoms with Gasteiger partial charge in [0.15, 0.2) is 0 Å². The fraction of sp³-hybridized carbons (Fsp3) is 0.429. The van der Waals surface area contributed by atoms with Gasteiger partial charge in [-0.3, -0.25) is 4.79 Å². The Bertz CT molecular complexity index is 678. The molecular formula is C14H16N2O4S. The Hall–Kier alpha value is -1.91. The number of carboxylic acids is 1. The minimum absolute atomic E-state index is 0.212. The summed E-state index contributed by atoms with van der Waals surface area (Å²) in [4.78, 5) is 10.9. The van der Waals surface area contributed by atoms with E-state index in [2.05, 4.69) is 4.72 Å². The van der Waals surface area contributed by atoms with Crippen molar-refractivity contribution in [1.82, 2.24) is 4.72 Å². The molecule has 0 unspecified atom stereocenters. The van der Waals surface area contributed by atoms with Gasteiger partial charge in [0.25, 0.3) is 0 Å². The summed E-state index contributed by atoms with van der Waals surface area (Å²) in [6.45, 7) is 0. The van der Waals surface area contributed by atoms with Gasteiger partial charge in [0, 0.05) is 6.04 Å². The monoisotopic (exact) mass is 308 g/mol. The van der Waals surface area contributed by atoms with Gasteiger partial charge in [0.1, 0.15) is 0 Å². The lowest BCUT2D eigenvalue weighted by molar-refractivity contribution is -0.141. The molecule has 0 aromatic heterocycles. The molecule has 21 heavy (non-hydrogen) atoms. The Labute approximate surface area is 123 Å². The van der Waals surface area contributed by atoms with Gasteiger partial charge in [-0.2, -0.15) is 5.26 Å². The second-order valence-corrected chi connectivity index (χ2v) is 6.99. The highest BCUT2D eigenvalue weighted by Gasteiger charge is 2.31. The average Bonchev–Trinajstić information content (AvgIpc) is 2.86. The second-order valence-electron chi connectivity index (χ2n) is 5.23. The SMILES string of the molecule is N#Cc1cccc(CS(=O)(=O)N[C@H]2CC[C@@H](C(=O)O)C2)c1. The van der Waals surface area contributed by atoms with Crippen LogP contribution in [0, 0.1) is 17.2 Å². The summed E-state index contributed by atoms with van der Waals surface area (Å²) in [5.74, 6) is -1.56. The Morgan fingerprint density at radius 1 is 1.43 bits per heavy atom. The molecule has 0 heterocycles. The molecule has 0 spiro atoms. The third kappa shape index (κ3) is 4.28. The van der Waals surface area contributed by atoms with E-state index in [1.807, 2.05) is 6.07 Å². The average molecular weight is 308 g/mol. The molecule has 7 heteroatoms. The third-order valence-electron chi connectivity index (χ3n) is 3.54. The van der Waals surface area contributed by atoms with Gasteiger partial charge < -0.3 is 5.11 Å². The fourth-order valence-electron chi connectivity index (χ4n) is 2.56. The van der Waals surface area contributed by atoms with Crippen molar-refractivity contribution in [3.63, 3.8) is 0 Å². The molecule has 0 amide bonds. The number of rotatable bonds is 5. The van der Waals surface area contributed by atoms with Gasteiger partial charge in [0.05, 0.1) is 23.3 Å². The van der Waals surface area contributed by atoms with Crippen LogP contribution in [-0.2, 0) is 20.6 Å². The zero-order chi connectivity index (χ0) is 15.5. The first-order valence-corrected chi connectivity index (χ1v) is 8.26. The van der Waals surface area contributed by atoms with Gasteiger partial charge in [-0.1, -0.05) is 12.1 Å². The molecule has 1 fully saturated rings. The summed E-state index contributed by atoms with van der Waals surface area (Å²) < 4.78 is 26.7. The molecule has 1 aliphatic rings. The largest absolute Gasteiger partial charge is 0.481 e. The summed E-state index contributed by atoms with van der Waals surface area (Å²) in [7, 11) is -3.54. The lowest BCUT2D eigenvalue weighted by Crippen LogP contribution is -2.34. The predicted octanol–water partition coefficient (Wildman–Crippen LogP) is 1.23. The molecule has 2 atom stereocenters. The van der Waals surface area contributed by atoms with Crippen LogP contribution in [0.15, 0.2) is 24.3 Å². The first-order valence-electron chi connectivity index (χ1n) is 6.61. The maximum absolute atomic E-state index is 12.1. The molecule has 1 aromatic rings. The van der Waals surface area contributed by atoms with Crippen LogP contribution >= 0.6 is 0 Å². The van der Waals surface area contributed by atoms with Gasteiger partial charge >= 0.3 is 5.97 Å². The smallest absolute Gasteiger partial charge is 0.306 e. The Balaban J connectivity index is 1.99. The van der Waals surface area contributed by atoms with Crippen molar-refractivity contribution in [3.8, 4) is 6.07 Å². The quantitative estimate of drug-likeness (QED) is 0.850. The van der Waals surface area contributed by atoms with E-state index in [-0.39, 0.29) is 11.8 Å². The minimum Gasteiger partial charge on any atom is -0.481 e. The van der Waals surface area contributed by atoms with E-state index in [1.54, 1.807) is 18.2 Å². The van der Waals surface area contributed by atoms with Gasteiger partial charge in [-0.25, -0.2) is 13.1 Å². The second kappa shape index (κ2) is 6.24. The van der Waals surface area contributed by atoms with Crippen LogP contribution in [0.1, 0.15) is 30.4 Å². The number of sulfonamides is 1. The first-order chi connectivity index (χ1) is 9.89. The molecule has 0 aliphatic heterocycles. The molecule has 1 saturated carbocycles. The zero-order valence-corrected chi connectivity index (χ0v) is 12.1. The van der Waals surface area contributed by atoms with Gasteiger partial charge in [0.2, 0.25) is 10.0 Å². The number of nitriles is 1. The molecule has 0 saturated heterocycles. The Kier molecular flexibility index (Phi) is 4.60. The van der Waals surface area contributed by atoms with Crippen molar-refractivity contribution in [1.29, 1.82) is 5.26 Å². The van der Waals surface area contributed by atoms with E-state index in [4.69, 9.17) is 10.4 Å². The van der Waals surface area contributed by atoms with Crippen molar-refractivity contribution >= 4 is 16.0 Å². The number of hydrogen-bond donors (Lipinski definition) is 2. The lowest BCUT2D eigenvalue weighted by Gasteiger charge is -2.13.